The monoisotopic (exact) mass is 265 g/mol. The zero-order valence-corrected chi connectivity index (χ0v) is 12.2. The van der Waals surface area contributed by atoms with Gasteiger partial charge in [0, 0.05) is 17.1 Å². The van der Waals surface area contributed by atoms with Crippen molar-refractivity contribution in [1.29, 1.82) is 0 Å². The van der Waals surface area contributed by atoms with Crippen molar-refractivity contribution in [2.75, 3.05) is 0 Å². The molecule has 0 amide bonds. The van der Waals surface area contributed by atoms with Crippen LogP contribution in [0.1, 0.15) is 57.6 Å². The summed E-state index contributed by atoms with van der Waals surface area (Å²) in [5.74, 6) is 0.925. The van der Waals surface area contributed by atoms with E-state index in [2.05, 4.69) is 31.3 Å². The van der Waals surface area contributed by atoms with Gasteiger partial charge in [-0.15, -0.1) is 0 Å². The van der Waals surface area contributed by atoms with Gasteiger partial charge in [0.1, 0.15) is 0 Å². The van der Waals surface area contributed by atoms with Crippen molar-refractivity contribution in [1.82, 2.24) is 5.32 Å². The third kappa shape index (κ3) is 3.73. The molecule has 0 saturated heterocycles. The van der Waals surface area contributed by atoms with Crippen LogP contribution in [0, 0.1) is 5.92 Å². The van der Waals surface area contributed by atoms with Gasteiger partial charge in [0.15, 0.2) is 0 Å². The molecular formula is C16H24ClN. The number of nitrogens with one attached hydrogen (secondary N) is 1. The third-order valence-corrected chi connectivity index (χ3v) is 4.47. The Bertz CT molecular complexity index is 360. The number of halogens is 1. The van der Waals surface area contributed by atoms with Gasteiger partial charge in [0.2, 0.25) is 0 Å². The van der Waals surface area contributed by atoms with Crippen molar-refractivity contribution in [3.05, 3.63) is 34.9 Å². The lowest BCUT2D eigenvalue weighted by Crippen LogP contribution is -2.35. The molecule has 0 spiro atoms. The Labute approximate surface area is 116 Å². The Hall–Kier alpha value is -0.530. The predicted molar refractivity (Wildman–Crippen MR) is 79.0 cm³/mol. The lowest BCUT2D eigenvalue weighted by Gasteiger charge is -2.31. The molecule has 0 aliphatic heterocycles. The average Bonchev–Trinajstić information content (AvgIpc) is 2.39. The zero-order valence-electron chi connectivity index (χ0n) is 11.5. The second-order valence-corrected chi connectivity index (χ2v) is 6.01. The van der Waals surface area contributed by atoms with Gasteiger partial charge in [-0.2, -0.15) is 0 Å². The van der Waals surface area contributed by atoms with Gasteiger partial charge in [0.25, 0.3) is 0 Å². The van der Waals surface area contributed by atoms with E-state index < -0.39 is 0 Å². The first-order valence-corrected chi connectivity index (χ1v) is 7.58. The molecule has 0 bridgehead atoms. The fourth-order valence-corrected chi connectivity index (χ4v) is 3.14. The number of benzene rings is 1. The molecule has 1 aliphatic carbocycles. The van der Waals surface area contributed by atoms with Crippen LogP contribution >= 0.6 is 11.6 Å². The highest BCUT2D eigenvalue weighted by molar-refractivity contribution is 6.30. The Balaban J connectivity index is 1.90. The molecule has 3 unspecified atom stereocenters. The van der Waals surface area contributed by atoms with Gasteiger partial charge in [-0.1, -0.05) is 49.9 Å². The van der Waals surface area contributed by atoms with Crippen LogP contribution in [0.5, 0.6) is 0 Å². The highest BCUT2D eigenvalue weighted by Gasteiger charge is 2.22. The molecular weight excluding hydrogens is 242 g/mol. The van der Waals surface area contributed by atoms with Crippen molar-refractivity contribution in [2.24, 2.45) is 5.92 Å². The topological polar surface area (TPSA) is 12.0 Å². The van der Waals surface area contributed by atoms with Crippen molar-refractivity contribution in [2.45, 2.75) is 58.0 Å². The zero-order chi connectivity index (χ0) is 13.0. The average molecular weight is 266 g/mol. The highest BCUT2D eigenvalue weighted by atomic mass is 35.5. The highest BCUT2D eigenvalue weighted by Crippen LogP contribution is 2.28. The van der Waals surface area contributed by atoms with E-state index in [0.717, 1.165) is 10.9 Å². The van der Waals surface area contributed by atoms with Crippen molar-refractivity contribution < 1.29 is 0 Å². The molecule has 0 aromatic heterocycles. The van der Waals surface area contributed by atoms with Gasteiger partial charge in [-0.05, 0) is 43.4 Å². The van der Waals surface area contributed by atoms with Crippen LogP contribution in [0.2, 0.25) is 5.02 Å². The Kier molecular flexibility index (Phi) is 5.08. The van der Waals surface area contributed by atoms with Gasteiger partial charge in [0.05, 0.1) is 0 Å². The van der Waals surface area contributed by atoms with Crippen molar-refractivity contribution in [3.8, 4) is 0 Å². The van der Waals surface area contributed by atoms with Crippen LogP contribution in [0.15, 0.2) is 24.3 Å². The molecule has 1 aliphatic rings. The molecule has 1 nitrogen and oxygen atoms in total. The summed E-state index contributed by atoms with van der Waals surface area (Å²) < 4.78 is 0. The van der Waals surface area contributed by atoms with Crippen LogP contribution in [-0.4, -0.2) is 6.04 Å². The number of hydrogen-bond acceptors (Lipinski definition) is 1. The SMILES string of the molecule is CCC1CCCC(NC(C)c2ccc(Cl)cc2)C1. The lowest BCUT2D eigenvalue weighted by molar-refractivity contribution is 0.266. The summed E-state index contributed by atoms with van der Waals surface area (Å²) in [5, 5.41) is 4.59. The maximum absolute atomic E-state index is 5.93. The summed E-state index contributed by atoms with van der Waals surface area (Å²) in [5.41, 5.74) is 1.33. The largest absolute Gasteiger partial charge is 0.307 e. The maximum Gasteiger partial charge on any atom is 0.0406 e. The van der Waals surface area contributed by atoms with Crippen LogP contribution < -0.4 is 5.32 Å². The summed E-state index contributed by atoms with van der Waals surface area (Å²) in [6.07, 6.45) is 6.80. The molecule has 2 rings (SSSR count). The van der Waals surface area contributed by atoms with Gasteiger partial charge >= 0.3 is 0 Å². The Morgan fingerprint density at radius 2 is 2.00 bits per heavy atom. The first-order valence-electron chi connectivity index (χ1n) is 7.20. The Morgan fingerprint density at radius 1 is 1.28 bits per heavy atom. The fraction of sp³-hybridized carbons (Fsp3) is 0.625. The van der Waals surface area contributed by atoms with E-state index in [0.29, 0.717) is 12.1 Å². The standard InChI is InChI=1S/C16H24ClN/c1-3-13-5-4-6-16(11-13)18-12(2)14-7-9-15(17)10-8-14/h7-10,12-13,16,18H,3-6,11H2,1-2H3. The minimum atomic E-state index is 0.419. The van der Waals surface area contributed by atoms with E-state index in [-0.39, 0.29) is 0 Å². The molecule has 100 valence electrons. The molecule has 1 saturated carbocycles. The van der Waals surface area contributed by atoms with E-state index in [1.165, 1.54) is 37.7 Å². The minimum Gasteiger partial charge on any atom is -0.307 e. The van der Waals surface area contributed by atoms with Gasteiger partial charge in [-0.3, -0.25) is 0 Å². The second-order valence-electron chi connectivity index (χ2n) is 5.58. The molecule has 1 aromatic rings. The molecule has 2 heteroatoms. The van der Waals surface area contributed by atoms with E-state index in [1.807, 2.05) is 12.1 Å². The summed E-state index contributed by atoms with van der Waals surface area (Å²) in [4.78, 5) is 0. The summed E-state index contributed by atoms with van der Waals surface area (Å²) in [6.45, 7) is 4.56. The predicted octanol–water partition coefficient (Wildman–Crippen LogP) is 4.96. The molecule has 1 N–H and O–H groups in total. The number of rotatable bonds is 4. The van der Waals surface area contributed by atoms with Gasteiger partial charge in [-0.25, -0.2) is 0 Å². The Morgan fingerprint density at radius 3 is 2.67 bits per heavy atom. The molecule has 0 radical (unpaired) electrons. The second kappa shape index (κ2) is 6.58. The van der Waals surface area contributed by atoms with Crippen molar-refractivity contribution >= 4 is 11.6 Å². The summed E-state index contributed by atoms with van der Waals surface area (Å²) in [6, 6.07) is 9.31. The van der Waals surface area contributed by atoms with Crippen LogP contribution in [-0.2, 0) is 0 Å². The van der Waals surface area contributed by atoms with Crippen molar-refractivity contribution in [3.63, 3.8) is 0 Å². The van der Waals surface area contributed by atoms with E-state index in [1.54, 1.807) is 0 Å². The summed E-state index contributed by atoms with van der Waals surface area (Å²) in [7, 11) is 0. The van der Waals surface area contributed by atoms with Crippen LogP contribution in [0.3, 0.4) is 0 Å². The minimum absolute atomic E-state index is 0.419. The number of hydrogen-bond donors (Lipinski definition) is 1. The molecule has 3 atom stereocenters. The summed E-state index contributed by atoms with van der Waals surface area (Å²) >= 11 is 5.93. The van der Waals surface area contributed by atoms with E-state index in [4.69, 9.17) is 11.6 Å². The third-order valence-electron chi connectivity index (χ3n) is 4.22. The van der Waals surface area contributed by atoms with Gasteiger partial charge < -0.3 is 5.32 Å². The molecule has 18 heavy (non-hydrogen) atoms. The molecule has 1 fully saturated rings. The van der Waals surface area contributed by atoms with E-state index in [9.17, 15) is 0 Å². The van der Waals surface area contributed by atoms with Crippen LogP contribution in [0.25, 0.3) is 0 Å². The first-order chi connectivity index (χ1) is 8.69. The smallest absolute Gasteiger partial charge is 0.0406 e. The quantitative estimate of drug-likeness (QED) is 0.811. The normalized spacial score (nSPS) is 25.9. The van der Waals surface area contributed by atoms with E-state index >= 15 is 0 Å². The van der Waals surface area contributed by atoms with Crippen LogP contribution in [0.4, 0.5) is 0 Å². The molecule has 0 heterocycles. The first kappa shape index (κ1) is 13.9. The fourth-order valence-electron chi connectivity index (χ4n) is 3.01. The maximum atomic E-state index is 5.93. The lowest BCUT2D eigenvalue weighted by atomic mass is 9.84. The molecule has 1 aromatic carbocycles.